The first-order valence-corrected chi connectivity index (χ1v) is 6.68. The lowest BCUT2D eigenvalue weighted by Gasteiger charge is -2.17. The highest BCUT2D eigenvalue weighted by molar-refractivity contribution is 7.99. The number of nitrogen functional groups attached to an aromatic ring is 1. The topological polar surface area (TPSA) is 56.2 Å². The van der Waals surface area contributed by atoms with Crippen LogP contribution in [0.3, 0.4) is 0 Å². The predicted molar refractivity (Wildman–Crippen MR) is 66.7 cm³/mol. The second kappa shape index (κ2) is 3.97. The van der Waals surface area contributed by atoms with Gasteiger partial charge in [0.15, 0.2) is 11.5 Å². The molecule has 0 amide bonds. The molecule has 0 radical (unpaired) electrons. The monoisotopic (exact) mass is 234 g/mol. The summed E-state index contributed by atoms with van der Waals surface area (Å²) in [6.45, 7) is 0. The average Bonchev–Trinajstić information content (AvgIpc) is 2.76. The van der Waals surface area contributed by atoms with E-state index in [1.54, 1.807) is 4.52 Å². The number of fused-ring (bicyclic) bond motifs is 1. The number of rotatable bonds is 1. The van der Waals surface area contributed by atoms with Crippen molar-refractivity contribution < 1.29 is 0 Å². The van der Waals surface area contributed by atoms with Crippen LogP contribution < -0.4 is 5.73 Å². The largest absolute Gasteiger partial charge is 0.396 e. The van der Waals surface area contributed by atoms with Crippen molar-refractivity contribution in [2.75, 3.05) is 17.2 Å². The Balaban J connectivity index is 2.01. The van der Waals surface area contributed by atoms with Crippen molar-refractivity contribution in [1.29, 1.82) is 0 Å². The van der Waals surface area contributed by atoms with Gasteiger partial charge < -0.3 is 5.73 Å². The second-order valence-corrected chi connectivity index (χ2v) is 5.27. The maximum atomic E-state index is 5.87. The highest BCUT2D eigenvalue weighted by atomic mass is 32.2. The molecule has 84 valence electrons. The van der Waals surface area contributed by atoms with E-state index >= 15 is 0 Å². The number of aromatic nitrogens is 3. The molecule has 1 unspecified atom stereocenters. The van der Waals surface area contributed by atoms with E-state index in [-0.39, 0.29) is 0 Å². The van der Waals surface area contributed by atoms with Gasteiger partial charge in [-0.15, -0.1) is 0 Å². The molecule has 0 saturated carbocycles. The van der Waals surface area contributed by atoms with Crippen molar-refractivity contribution >= 4 is 23.1 Å². The number of hydrogen-bond donors (Lipinski definition) is 1. The molecule has 0 bridgehead atoms. The third kappa shape index (κ3) is 1.65. The van der Waals surface area contributed by atoms with Gasteiger partial charge >= 0.3 is 0 Å². The minimum Gasteiger partial charge on any atom is -0.396 e. The molecule has 2 aromatic rings. The van der Waals surface area contributed by atoms with Crippen molar-refractivity contribution in [3.63, 3.8) is 0 Å². The highest BCUT2D eigenvalue weighted by Gasteiger charge is 2.20. The SMILES string of the molecule is Nc1cccn2nc(C3CCCSC3)nc12. The number of pyridine rings is 1. The van der Waals surface area contributed by atoms with E-state index in [1.807, 2.05) is 30.1 Å². The van der Waals surface area contributed by atoms with Crippen LogP contribution in [-0.2, 0) is 0 Å². The smallest absolute Gasteiger partial charge is 0.178 e. The van der Waals surface area contributed by atoms with Crippen molar-refractivity contribution in [3.8, 4) is 0 Å². The summed E-state index contributed by atoms with van der Waals surface area (Å²) in [7, 11) is 0. The zero-order chi connectivity index (χ0) is 11.0. The summed E-state index contributed by atoms with van der Waals surface area (Å²) in [4.78, 5) is 4.55. The van der Waals surface area contributed by atoms with E-state index < -0.39 is 0 Å². The molecule has 1 fully saturated rings. The normalized spacial score (nSPS) is 21.4. The van der Waals surface area contributed by atoms with Gasteiger partial charge in [-0.3, -0.25) is 0 Å². The zero-order valence-corrected chi connectivity index (χ0v) is 9.78. The summed E-state index contributed by atoms with van der Waals surface area (Å²) in [6, 6.07) is 3.76. The van der Waals surface area contributed by atoms with Crippen LogP contribution in [0.5, 0.6) is 0 Å². The molecular formula is C11H14N4S. The first-order valence-electron chi connectivity index (χ1n) is 5.53. The van der Waals surface area contributed by atoms with Crippen molar-refractivity contribution in [2.45, 2.75) is 18.8 Å². The number of nitrogens with zero attached hydrogens (tertiary/aromatic N) is 3. The Morgan fingerprint density at radius 1 is 1.50 bits per heavy atom. The maximum Gasteiger partial charge on any atom is 0.178 e. The van der Waals surface area contributed by atoms with Crippen LogP contribution in [0, 0.1) is 0 Å². The molecular weight excluding hydrogens is 220 g/mol. The zero-order valence-electron chi connectivity index (χ0n) is 8.97. The summed E-state index contributed by atoms with van der Waals surface area (Å²) in [5.74, 6) is 3.85. The van der Waals surface area contributed by atoms with Gasteiger partial charge in [0.25, 0.3) is 0 Å². The van der Waals surface area contributed by atoms with Gasteiger partial charge in [-0.1, -0.05) is 0 Å². The summed E-state index contributed by atoms with van der Waals surface area (Å²) in [6.07, 6.45) is 4.36. The Morgan fingerprint density at radius 2 is 2.44 bits per heavy atom. The van der Waals surface area contributed by atoms with E-state index in [4.69, 9.17) is 5.73 Å². The fourth-order valence-corrected chi connectivity index (χ4v) is 3.20. The molecule has 2 aromatic heterocycles. The van der Waals surface area contributed by atoms with Crippen LogP contribution in [0.1, 0.15) is 24.6 Å². The minimum atomic E-state index is 0.498. The van der Waals surface area contributed by atoms with Gasteiger partial charge in [0.05, 0.1) is 5.69 Å². The van der Waals surface area contributed by atoms with E-state index in [1.165, 1.54) is 18.6 Å². The number of hydrogen-bond acceptors (Lipinski definition) is 4. The molecule has 1 atom stereocenters. The Hall–Kier alpha value is -1.23. The molecule has 0 spiro atoms. The first kappa shape index (κ1) is 9.96. The van der Waals surface area contributed by atoms with Gasteiger partial charge in [-0.05, 0) is 30.7 Å². The predicted octanol–water partition coefficient (Wildman–Crippen LogP) is 1.92. The third-order valence-electron chi connectivity index (χ3n) is 2.93. The fourth-order valence-electron chi connectivity index (χ4n) is 2.06. The summed E-state index contributed by atoms with van der Waals surface area (Å²) >= 11 is 1.99. The lowest BCUT2D eigenvalue weighted by molar-refractivity contribution is 0.622. The van der Waals surface area contributed by atoms with Crippen molar-refractivity contribution in [3.05, 3.63) is 24.2 Å². The van der Waals surface area contributed by atoms with E-state index in [9.17, 15) is 0 Å². The highest BCUT2D eigenvalue weighted by Crippen LogP contribution is 2.29. The summed E-state index contributed by atoms with van der Waals surface area (Å²) in [5.41, 5.74) is 7.35. The fraction of sp³-hybridized carbons (Fsp3) is 0.455. The lowest BCUT2D eigenvalue weighted by atomic mass is 10.1. The third-order valence-corrected chi connectivity index (χ3v) is 4.15. The van der Waals surface area contributed by atoms with E-state index in [2.05, 4.69) is 10.1 Å². The van der Waals surface area contributed by atoms with Gasteiger partial charge in [-0.25, -0.2) is 9.50 Å². The van der Waals surface area contributed by atoms with Crippen LogP contribution in [0.2, 0.25) is 0 Å². The molecule has 0 aromatic carbocycles. The standard InChI is InChI=1S/C11H14N4S/c12-9-4-1-5-15-11(9)13-10(14-15)8-3-2-6-16-7-8/h1,4-5,8H,2-3,6-7,12H2. The quantitative estimate of drug-likeness (QED) is 0.819. The summed E-state index contributed by atoms with van der Waals surface area (Å²) < 4.78 is 1.78. The lowest BCUT2D eigenvalue weighted by Crippen LogP contribution is -2.10. The Labute approximate surface area is 98.2 Å². The van der Waals surface area contributed by atoms with Crippen LogP contribution in [-0.4, -0.2) is 26.1 Å². The van der Waals surface area contributed by atoms with Crippen LogP contribution in [0.15, 0.2) is 18.3 Å². The second-order valence-electron chi connectivity index (χ2n) is 4.12. The van der Waals surface area contributed by atoms with E-state index in [0.717, 1.165) is 17.2 Å². The molecule has 1 aliphatic heterocycles. The van der Waals surface area contributed by atoms with Crippen molar-refractivity contribution in [2.24, 2.45) is 0 Å². The maximum absolute atomic E-state index is 5.87. The number of anilines is 1. The molecule has 2 N–H and O–H groups in total. The van der Waals surface area contributed by atoms with Gasteiger partial charge in [0.1, 0.15) is 0 Å². The van der Waals surface area contributed by atoms with Crippen LogP contribution >= 0.6 is 11.8 Å². The van der Waals surface area contributed by atoms with E-state index in [0.29, 0.717) is 11.6 Å². The molecule has 3 rings (SSSR count). The van der Waals surface area contributed by atoms with Gasteiger partial charge in [0, 0.05) is 17.9 Å². The number of nitrogens with two attached hydrogens (primary N) is 1. The Bertz CT molecular complexity index is 502. The molecule has 16 heavy (non-hydrogen) atoms. The molecule has 4 nitrogen and oxygen atoms in total. The Kier molecular flexibility index (Phi) is 2.47. The van der Waals surface area contributed by atoms with Gasteiger partial charge in [0.2, 0.25) is 0 Å². The molecule has 3 heterocycles. The average molecular weight is 234 g/mol. The van der Waals surface area contributed by atoms with Crippen LogP contribution in [0.4, 0.5) is 5.69 Å². The minimum absolute atomic E-state index is 0.498. The summed E-state index contributed by atoms with van der Waals surface area (Å²) in [5, 5.41) is 4.51. The molecule has 1 saturated heterocycles. The molecule has 1 aliphatic rings. The van der Waals surface area contributed by atoms with Crippen molar-refractivity contribution in [1.82, 2.24) is 14.6 Å². The Morgan fingerprint density at radius 3 is 3.19 bits per heavy atom. The van der Waals surface area contributed by atoms with Gasteiger partial charge in [-0.2, -0.15) is 16.9 Å². The van der Waals surface area contributed by atoms with Crippen LogP contribution in [0.25, 0.3) is 5.65 Å². The molecule has 0 aliphatic carbocycles. The number of thioether (sulfide) groups is 1. The first-order chi connectivity index (χ1) is 7.84. The molecule has 5 heteroatoms.